The molecule has 0 bridgehead atoms. The number of methoxy groups -OCH3 is 1. The SMILES string of the molecule is COC(=O)c1ccc(Cn2c(Oc3cccc(OC(F)(F)F)c3)nc3c2c(=O)n(C)c(=O)n3C)cc1. The Morgan fingerprint density at radius 1 is 1.00 bits per heavy atom. The Kier molecular flexibility index (Phi) is 6.31. The Balaban J connectivity index is 1.82. The molecule has 0 saturated heterocycles. The number of benzene rings is 2. The van der Waals surface area contributed by atoms with Crippen LogP contribution >= 0.6 is 0 Å². The van der Waals surface area contributed by atoms with Gasteiger partial charge in [-0.15, -0.1) is 13.2 Å². The number of ether oxygens (including phenoxy) is 3. The molecule has 36 heavy (non-hydrogen) atoms. The normalized spacial score (nSPS) is 11.5. The average Bonchev–Trinajstić information content (AvgIpc) is 3.18. The second-order valence-electron chi connectivity index (χ2n) is 7.67. The molecule has 0 unspecified atom stereocenters. The number of imidazole rings is 1. The van der Waals surface area contributed by atoms with Crippen molar-refractivity contribution in [2.45, 2.75) is 12.9 Å². The largest absolute Gasteiger partial charge is 0.573 e. The number of aromatic nitrogens is 4. The first-order valence-electron chi connectivity index (χ1n) is 10.4. The van der Waals surface area contributed by atoms with Crippen LogP contribution in [0, 0.1) is 0 Å². The van der Waals surface area contributed by atoms with Gasteiger partial charge < -0.3 is 14.2 Å². The third-order valence-electron chi connectivity index (χ3n) is 5.28. The Hall–Kier alpha value is -4.55. The topological polar surface area (TPSA) is 107 Å². The van der Waals surface area contributed by atoms with Crippen molar-refractivity contribution in [3.63, 3.8) is 0 Å². The number of fused-ring (bicyclic) bond motifs is 1. The number of hydrogen-bond acceptors (Lipinski definition) is 7. The Labute approximate surface area is 200 Å². The molecule has 10 nitrogen and oxygen atoms in total. The number of carbonyl (C=O) groups is 1. The quantitative estimate of drug-likeness (QED) is 0.372. The molecule has 0 spiro atoms. The van der Waals surface area contributed by atoms with Gasteiger partial charge in [0.05, 0.1) is 19.2 Å². The minimum atomic E-state index is -4.90. The van der Waals surface area contributed by atoms with E-state index in [1.165, 1.54) is 50.0 Å². The summed E-state index contributed by atoms with van der Waals surface area (Å²) < 4.78 is 55.7. The van der Waals surface area contributed by atoms with Gasteiger partial charge in [0, 0.05) is 20.2 Å². The van der Waals surface area contributed by atoms with Crippen LogP contribution in [-0.2, 0) is 25.4 Å². The van der Waals surface area contributed by atoms with Gasteiger partial charge in [-0.3, -0.25) is 18.5 Å². The van der Waals surface area contributed by atoms with Crippen molar-refractivity contribution in [3.8, 4) is 17.5 Å². The number of alkyl halides is 3. The zero-order valence-corrected chi connectivity index (χ0v) is 19.2. The van der Waals surface area contributed by atoms with Gasteiger partial charge >= 0.3 is 24.0 Å². The lowest BCUT2D eigenvalue weighted by Crippen LogP contribution is -2.37. The summed E-state index contributed by atoms with van der Waals surface area (Å²) in [4.78, 5) is 41.4. The Bertz CT molecular complexity index is 1570. The van der Waals surface area contributed by atoms with Crippen molar-refractivity contribution in [2.75, 3.05) is 7.11 Å². The summed E-state index contributed by atoms with van der Waals surface area (Å²) in [5.41, 5.74) is -0.256. The summed E-state index contributed by atoms with van der Waals surface area (Å²) in [5.74, 6) is -1.08. The molecule has 188 valence electrons. The van der Waals surface area contributed by atoms with Crippen LogP contribution in [0.5, 0.6) is 17.5 Å². The van der Waals surface area contributed by atoms with Gasteiger partial charge in [0.25, 0.3) is 5.56 Å². The van der Waals surface area contributed by atoms with Crippen LogP contribution in [0.15, 0.2) is 58.1 Å². The molecule has 0 N–H and O–H groups in total. The summed E-state index contributed by atoms with van der Waals surface area (Å²) in [6.45, 7) is 0.0273. The maximum Gasteiger partial charge on any atom is 0.573 e. The minimum Gasteiger partial charge on any atom is -0.465 e. The molecule has 13 heteroatoms. The van der Waals surface area contributed by atoms with Crippen LogP contribution in [-0.4, -0.2) is 38.1 Å². The van der Waals surface area contributed by atoms with Crippen LogP contribution in [0.25, 0.3) is 11.2 Å². The second kappa shape index (κ2) is 9.24. The third kappa shape index (κ3) is 4.80. The van der Waals surface area contributed by atoms with E-state index in [1.807, 2.05) is 0 Å². The lowest BCUT2D eigenvalue weighted by atomic mass is 10.1. The van der Waals surface area contributed by atoms with Crippen molar-refractivity contribution in [2.24, 2.45) is 14.1 Å². The first-order chi connectivity index (χ1) is 17.0. The molecule has 0 atom stereocenters. The first kappa shape index (κ1) is 24.6. The third-order valence-corrected chi connectivity index (χ3v) is 5.28. The fraction of sp³-hybridized carbons (Fsp3) is 0.217. The molecule has 0 fully saturated rings. The van der Waals surface area contributed by atoms with Crippen molar-refractivity contribution >= 4 is 17.1 Å². The summed E-state index contributed by atoms with van der Waals surface area (Å²) in [6.07, 6.45) is -4.90. The summed E-state index contributed by atoms with van der Waals surface area (Å²) in [7, 11) is 3.99. The van der Waals surface area contributed by atoms with E-state index in [1.54, 1.807) is 12.1 Å². The van der Waals surface area contributed by atoms with Gasteiger partial charge in [-0.05, 0) is 29.8 Å². The molecule has 0 aliphatic carbocycles. The Morgan fingerprint density at radius 2 is 1.67 bits per heavy atom. The number of carbonyl (C=O) groups excluding carboxylic acids is 1. The van der Waals surface area contributed by atoms with Gasteiger partial charge in [0.1, 0.15) is 11.5 Å². The van der Waals surface area contributed by atoms with E-state index in [-0.39, 0.29) is 29.5 Å². The monoisotopic (exact) mass is 504 g/mol. The zero-order chi connectivity index (χ0) is 26.2. The zero-order valence-electron chi connectivity index (χ0n) is 19.2. The van der Waals surface area contributed by atoms with Crippen LogP contribution in [0.1, 0.15) is 15.9 Å². The lowest BCUT2D eigenvalue weighted by Gasteiger charge is -2.12. The smallest absolute Gasteiger partial charge is 0.465 e. The van der Waals surface area contributed by atoms with Crippen LogP contribution in [0.4, 0.5) is 13.2 Å². The van der Waals surface area contributed by atoms with E-state index in [0.29, 0.717) is 11.1 Å². The number of halogens is 3. The predicted octanol–water partition coefficient (Wildman–Crippen LogP) is 2.96. The van der Waals surface area contributed by atoms with Crippen LogP contribution in [0.3, 0.4) is 0 Å². The highest BCUT2D eigenvalue weighted by Gasteiger charge is 2.31. The van der Waals surface area contributed by atoms with Crippen molar-refractivity contribution < 1.29 is 32.2 Å². The van der Waals surface area contributed by atoms with Crippen LogP contribution in [0.2, 0.25) is 0 Å². The lowest BCUT2D eigenvalue weighted by molar-refractivity contribution is -0.274. The van der Waals surface area contributed by atoms with Crippen LogP contribution < -0.4 is 20.7 Å². The second-order valence-corrected chi connectivity index (χ2v) is 7.67. The maximum absolute atomic E-state index is 13.0. The van der Waals surface area contributed by atoms with E-state index >= 15 is 0 Å². The molecule has 2 aromatic heterocycles. The van der Waals surface area contributed by atoms with Gasteiger partial charge in [-0.1, -0.05) is 18.2 Å². The van der Waals surface area contributed by atoms with Crippen molar-refractivity contribution in [3.05, 3.63) is 80.5 Å². The van der Waals surface area contributed by atoms with Gasteiger partial charge in [0.15, 0.2) is 11.2 Å². The summed E-state index contributed by atoms with van der Waals surface area (Å²) in [5, 5.41) is 0. The molecule has 2 heterocycles. The molecular formula is C23H19F3N4O6. The fourth-order valence-corrected chi connectivity index (χ4v) is 3.54. The van der Waals surface area contributed by atoms with E-state index in [4.69, 9.17) is 4.74 Å². The molecule has 2 aromatic carbocycles. The number of nitrogens with zero attached hydrogens (tertiary/aromatic N) is 4. The number of rotatable bonds is 6. The predicted molar refractivity (Wildman–Crippen MR) is 120 cm³/mol. The number of aryl methyl sites for hydroxylation is 1. The van der Waals surface area contributed by atoms with E-state index in [0.717, 1.165) is 21.3 Å². The maximum atomic E-state index is 13.0. The van der Waals surface area contributed by atoms with Gasteiger partial charge in [0.2, 0.25) is 0 Å². The van der Waals surface area contributed by atoms with Gasteiger partial charge in [-0.25, -0.2) is 9.59 Å². The molecule has 0 radical (unpaired) electrons. The Morgan fingerprint density at radius 3 is 2.31 bits per heavy atom. The molecular weight excluding hydrogens is 485 g/mol. The van der Waals surface area contributed by atoms with E-state index in [9.17, 15) is 27.6 Å². The van der Waals surface area contributed by atoms with E-state index in [2.05, 4.69) is 14.5 Å². The average molecular weight is 504 g/mol. The summed E-state index contributed by atoms with van der Waals surface area (Å²) >= 11 is 0. The van der Waals surface area contributed by atoms with Crippen molar-refractivity contribution in [1.82, 2.24) is 18.7 Å². The number of esters is 1. The molecule has 0 aliphatic rings. The highest BCUT2D eigenvalue weighted by atomic mass is 19.4. The molecule has 4 aromatic rings. The molecule has 4 rings (SSSR count). The van der Waals surface area contributed by atoms with Gasteiger partial charge in [-0.2, -0.15) is 4.98 Å². The first-order valence-corrected chi connectivity index (χ1v) is 10.4. The fourth-order valence-electron chi connectivity index (χ4n) is 3.54. The minimum absolute atomic E-state index is 0.0203. The standard InChI is InChI=1S/C23H19F3N4O6/c1-28-18-17(19(31)29(2)22(28)33)30(12-13-7-9-14(10-8-13)20(32)34-3)21(27-18)35-15-5-4-6-16(11-15)36-23(24,25)26/h4-11H,12H2,1-3H3. The molecule has 0 saturated carbocycles. The molecule has 0 amide bonds. The highest BCUT2D eigenvalue weighted by molar-refractivity contribution is 5.89. The number of hydrogen-bond donors (Lipinski definition) is 0. The molecule has 0 aliphatic heterocycles. The summed E-state index contributed by atoms with van der Waals surface area (Å²) in [6, 6.07) is 11.0. The highest BCUT2D eigenvalue weighted by Crippen LogP contribution is 2.30. The van der Waals surface area contributed by atoms with Crippen molar-refractivity contribution in [1.29, 1.82) is 0 Å². The van der Waals surface area contributed by atoms with E-state index < -0.39 is 29.3 Å².